The zero-order chi connectivity index (χ0) is 22.2. The van der Waals surface area contributed by atoms with Crippen LogP contribution in [-0.4, -0.2) is 76.0 Å². The summed E-state index contributed by atoms with van der Waals surface area (Å²) in [6.07, 6.45) is 5.16. The van der Waals surface area contributed by atoms with Crippen LogP contribution >= 0.6 is 0 Å². The Kier molecular flexibility index (Phi) is 7.69. The molecule has 1 aliphatic rings. The highest BCUT2D eigenvalue weighted by Gasteiger charge is 2.30. The van der Waals surface area contributed by atoms with Crippen molar-refractivity contribution in [3.05, 3.63) is 30.4 Å². The molecule has 166 valence electrons. The molecule has 0 spiro atoms. The number of carbonyl (C=O) groups is 3. The lowest BCUT2D eigenvalue weighted by Crippen LogP contribution is -2.47. The highest BCUT2D eigenvalue weighted by molar-refractivity contribution is 5.85. The second-order valence-electron chi connectivity index (χ2n) is 7.43. The van der Waals surface area contributed by atoms with Gasteiger partial charge in [-0.1, -0.05) is 5.16 Å². The van der Waals surface area contributed by atoms with Crippen LogP contribution in [0.15, 0.2) is 29.0 Å². The maximum atomic E-state index is 12.6. The van der Waals surface area contributed by atoms with E-state index >= 15 is 0 Å². The van der Waals surface area contributed by atoms with Crippen molar-refractivity contribution in [2.45, 2.75) is 32.6 Å². The fourth-order valence-electron chi connectivity index (χ4n) is 3.42. The summed E-state index contributed by atoms with van der Waals surface area (Å²) in [4.78, 5) is 48.3. The predicted octanol–water partition coefficient (Wildman–Crippen LogP) is 1.32. The van der Waals surface area contributed by atoms with Crippen LogP contribution in [0.5, 0.6) is 0 Å². The van der Waals surface area contributed by atoms with Crippen molar-refractivity contribution in [3.8, 4) is 11.4 Å². The van der Waals surface area contributed by atoms with Gasteiger partial charge in [-0.05, 0) is 31.9 Å². The van der Waals surface area contributed by atoms with Gasteiger partial charge in [-0.15, -0.1) is 0 Å². The summed E-state index contributed by atoms with van der Waals surface area (Å²) in [5, 5.41) is 3.90. The monoisotopic (exact) mass is 429 g/mol. The Labute approximate surface area is 180 Å². The van der Waals surface area contributed by atoms with E-state index in [0.717, 1.165) is 12.0 Å². The zero-order valence-corrected chi connectivity index (χ0v) is 17.8. The highest BCUT2D eigenvalue weighted by Crippen LogP contribution is 2.18. The van der Waals surface area contributed by atoms with E-state index in [1.54, 1.807) is 37.3 Å². The molecule has 0 saturated carbocycles. The number of esters is 1. The average molecular weight is 429 g/mol. The number of amides is 2. The molecule has 2 aromatic rings. The molecule has 0 N–H and O–H groups in total. The van der Waals surface area contributed by atoms with Gasteiger partial charge in [0, 0.05) is 50.9 Å². The molecule has 10 heteroatoms. The number of nitrogens with zero attached hydrogens (tertiary/aromatic N) is 5. The van der Waals surface area contributed by atoms with Gasteiger partial charge in [0.1, 0.15) is 0 Å². The van der Waals surface area contributed by atoms with Crippen molar-refractivity contribution < 1.29 is 23.6 Å². The number of hydrogen-bond donors (Lipinski definition) is 0. The minimum Gasteiger partial charge on any atom is -0.466 e. The van der Waals surface area contributed by atoms with Crippen LogP contribution in [0.1, 0.15) is 32.1 Å². The number of aromatic nitrogens is 3. The number of aryl methyl sites for hydroxylation is 1. The first-order valence-electron chi connectivity index (χ1n) is 10.4. The van der Waals surface area contributed by atoms with Gasteiger partial charge in [0.15, 0.2) is 0 Å². The number of ether oxygens (including phenoxy) is 1. The first kappa shape index (κ1) is 22.4. The van der Waals surface area contributed by atoms with E-state index in [1.165, 1.54) is 4.90 Å². The Morgan fingerprint density at radius 3 is 2.94 bits per heavy atom. The first-order chi connectivity index (χ1) is 15.0. The lowest BCUT2D eigenvalue weighted by Gasteiger charge is -2.32. The SMILES string of the molecule is CCOC(=O)C1CCCN(C(=O)CN(C)C(=O)CCc2nc(-c3cccnc3)no2)C1. The number of likely N-dealkylation sites (tertiary alicyclic amines) is 1. The summed E-state index contributed by atoms with van der Waals surface area (Å²) < 4.78 is 10.3. The van der Waals surface area contributed by atoms with Gasteiger partial charge in [-0.25, -0.2) is 0 Å². The lowest BCUT2D eigenvalue weighted by molar-refractivity contribution is -0.152. The van der Waals surface area contributed by atoms with E-state index in [-0.39, 0.29) is 43.1 Å². The summed E-state index contributed by atoms with van der Waals surface area (Å²) in [6.45, 7) is 2.95. The third-order valence-corrected chi connectivity index (χ3v) is 5.13. The lowest BCUT2D eigenvalue weighted by atomic mass is 9.98. The summed E-state index contributed by atoms with van der Waals surface area (Å²) in [5.74, 6) is -0.185. The number of hydrogen-bond acceptors (Lipinski definition) is 8. The molecule has 1 fully saturated rings. The zero-order valence-electron chi connectivity index (χ0n) is 17.8. The third-order valence-electron chi connectivity index (χ3n) is 5.13. The quantitative estimate of drug-likeness (QED) is 0.577. The Hall–Kier alpha value is -3.30. The Morgan fingerprint density at radius 2 is 2.19 bits per heavy atom. The standard InChI is InChI=1S/C21H27N5O5/c1-3-30-21(29)16-7-5-11-26(13-16)19(28)14-25(2)18(27)9-8-17-23-20(24-31-17)15-6-4-10-22-12-15/h4,6,10,12,16H,3,5,7-9,11,13-14H2,1-2H3. The molecule has 0 radical (unpaired) electrons. The van der Waals surface area contributed by atoms with Crippen LogP contribution in [-0.2, 0) is 25.5 Å². The molecular weight excluding hydrogens is 402 g/mol. The number of pyridine rings is 1. The van der Waals surface area contributed by atoms with E-state index in [0.29, 0.717) is 37.8 Å². The number of piperidine rings is 1. The van der Waals surface area contributed by atoms with Gasteiger partial charge in [0.2, 0.25) is 23.5 Å². The molecule has 10 nitrogen and oxygen atoms in total. The fourth-order valence-corrected chi connectivity index (χ4v) is 3.42. The van der Waals surface area contributed by atoms with Crippen LogP contribution < -0.4 is 0 Å². The number of rotatable bonds is 8. The summed E-state index contributed by atoms with van der Waals surface area (Å²) >= 11 is 0. The van der Waals surface area contributed by atoms with Crippen molar-refractivity contribution in [2.75, 3.05) is 33.3 Å². The average Bonchev–Trinajstić information content (AvgIpc) is 3.27. The molecule has 3 heterocycles. The maximum Gasteiger partial charge on any atom is 0.310 e. The Morgan fingerprint density at radius 1 is 1.35 bits per heavy atom. The largest absolute Gasteiger partial charge is 0.466 e. The van der Waals surface area contributed by atoms with E-state index in [2.05, 4.69) is 15.1 Å². The van der Waals surface area contributed by atoms with E-state index < -0.39 is 0 Å². The van der Waals surface area contributed by atoms with Crippen molar-refractivity contribution in [2.24, 2.45) is 5.92 Å². The van der Waals surface area contributed by atoms with Crippen molar-refractivity contribution in [1.82, 2.24) is 24.9 Å². The maximum absolute atomic E-state index is 12.6. The fraction of sp³-hybridized carbons (Fsp3) is 0.524. The topological polar surface area (TPSA) is 119 Å². The van der Waals surface area contributed by atoms with Gasteiger partial charge >= 0.3 is 5.97 Å². The van der Waals surface area contributed by atoms with Gasteiger partial charge in [0.05, 0.1) is 19.1 Å². The molecule has 1 saturated heterocycles. The molecule has 0 bridgehead atoms. The molecular formula is C21H27N5O5. The molecule has 1 aliphatic heterocycles. The van der Waals surface area contributed by atoms with Crippen molar-refractivity contribution in [1.29, 1.82) is 0 Å². The molecule has 2 amide bonds. The van der Waals surface area contributed by atoms with Gasteiger partial charge < -0.3 is 19.1 Å². The molecule has 1 atom stereocenters. The number of carbonyl (C=O) groups excluding carboxylic acids is 3. The van der Waals surface area contributed by atoms with Gasteiger partial charge in [-0.2, -0.15) is 4.98 Å². The summed E-state index contributed by atoms with van der Waals surface area (Å²) in [5.41, 5.74) is 0.731. The summed E-state index contributed by atoms with van der Waals surface area (Å²) in [6, 6.07) is 3.59. The third kappa shape index (κ3) is 6.09. The van der Waals surface area contributed by atoms with Crippen molar-refractivity contribution >= 4 is 17.8 Å². The highest BCUT2D eigenvalue weighted by atomic mass is 16.5. The molecule has 1 unspecified atom stereocenters. The van der Waals surface area contributed by atoms with Crippen LogP contribution in [0, 0.1) is 5.92 Å². The van der Waals surface area contributed by atoms with Crippen LogP contribution in [0.4, 0.5) is 0 Å². The van der Waals surface area contributed by atoms with E-state index in [1.807, 2.05) is 6.07 Å². The van der Waals surface area contributed by atoms with Gasteiger partial charge in [0.25, 0.3) is 0 Å². The predicted molar refractivity (Wildman–Crippen MR) is 109 cm³/mol. The second kappa shape index (κ2) is 10.6. The van der Waals surface area contributed by atoms with Crippen LogP contribution in [0.2, 0.25) is 0 Å². The molecule has 2 aromatic heterocycles. The Bertz CT molecular complexity index is 901. The molecule has 0 aromatic carbocycles. The van der Waals surface area contributed by atoms with Gasteiger partial charge in [-0.3, -0.25) is 19.4 Å². The smallest absolute Gasteiger partial charge is 0.310 e. The molecule has 0 aliphatic carbocycles. The number of likely N-dealkylation sites (N-methyl/N-ethyl adjacent to an activating group) is 1. The first-order valence-corrected chi connectivity index (χ1v) is 10.4. The van der Waals surface area contributed by atoms with E-state index in [9.17, 15) is 14.4 Å². The minimum absolute atomic E-state index is 0.0425. The van der Waals surface area contributed by atoms with Crippen LogP contribution in [0.3, 0.4) is 0 Å². The molecule has 31 heavy (non-hydrogen) atoms. The van der Waals surface area contributed by atoms with Crippen LogP contribution in [0.25, 0.3) is 11.4 Å². The second-order valence-corrected chi connectivity index (χ2v) is 7.43. The normalized spacial score (nSPS) is 16.1. The van der Waals surface area contributed by atoms with Crippen molar-refractivity contribution in [3.63, 3.8) is 0 Å². The summed E-state index contributed by atoms with van der Waals surface area (Å²) in [7, 11) is 1.59. The molecule has 3 rings (SSSR count). The minimum atomic E-state index is -0.301. The van der Waals surface area contributed by atoms with E-state index in [4.69, 9.17) is 9.26 Å². The Balaban J connectivity index is 1.46.